The average Bonchev–Trinajstić information content (AvgIpc) is 2.32. The molecule has 1 nitrogen and oxygen atoms in total. The molecule has 0 aliphatic heterocycles. The van der Waals surface area contributed by atoms with E-state index in [2.05, 4.69) is 22.6 Å². The topological polar surface area (TPSA) is 20.2 Å². The first-order valence-electron chi connectivity index (χ1n) is 5.07. The predicted octanol–water partition coefficient (Wildman–Crippen LogP) is 5.33. The van der Waals surface area contributed by atoms with E-state index in [0.717, 1.165) is 3.57 Å². The maximum absolute atomic E-state index is 10.3. The minimum atomic E-state index is -0.815. The highest BCUT2D eigenvalue weighted by Crippen LogP contribution is 2.32. The lowest BCUT2D eigenvalue weighted by molar-refractivity contribution is 0.220. The van der Waals surface area contributed by atoms with E-state index < -0.39 is 6.10 Å². The van der Waals surface area contributed by atoms with E-state index in [1.165, 1.54) is 0 Å². The van der Waals surface area contributed by atoms with Crippen LogP contribution in [0.1, 0.15) is 17.2 Å². The van der Waals surface area contributed by atoms with E-state index in [1.54, 1.807) is 24.3 Å². The molecule has 2 aromatic rings. The van der Waals surface area contributed by atoms with Crippen molar-refractivity contribution < 1.29 is 5.11 Å². The molecule has 2 rings (SSSR count). The van der Waals surface area contributed by atoms with Gasteiger partial charge in [-0.15, -0.1) is 0 Å². The van der Waals surface area contributed by atoms with Gasteiger partial charge >= 0.3 is 0 Å². The molecular weight excluding hydrogens is 405 g/mol. The van der Waals surface area contributed by atoms with Gasteiger partial charge in [-0.05, 0) is 52.4 Å². The van der Waals surface area contributed by atoms with Crippen LogP contribution in [0, 0.1) is 3.57 Å². The number of hydrogen-bond acceptors (Lipinski definition) is 1. The number of hydrogen-bond donors (Lipinski definition) is 1. The standard InChI is InChI=1S/C13H8Cl3IO/c14-8-2-3-9(10(15)6-8)13(18)7-1-4-12(17)11(16)5-7/h1-6,13,18H. The van der Waals surface area contributed by atoms with Gasteiger partial charge in [-0.3, -0.25) is 0 Å². The van der Waals surface area contributed by atoms with Crippen molar-refractivity contribution in [1.82, 2.24) is 0 Å². The average molecular weight is 413 g/mol. The fourth-order valence-electron chi connectivity index (χ4n) is 1.59. The Labute approximate surface area is 134 Å². The summed E-state index contributed by atoms with van der Waals surface area (Å²) < 4.78 is 0.937. The zero-order valence-electron chi connectivity index (χ0n) is 9.00. The normalized spacial score (nSPS) is 12.5. The number of aliphatic hydroxyl groups excluding tert-OH is 1. The minimum Gasteiger partial charge on any atom is -0.384 e. The molecule has 94 valence electrons. The van der Waals surface area contributed by atoms with Gasteiger partial charge in [0.25, 0.3) is 0 Å². The van der Waals surface area contributed by atoms with Crippen LogP contribution >= 0.6 is 57.4 Å². The third-order valence-electron chi connectivity index (χ3n) is 2.52. The van der Waals surface area contributed by atoms with Crippen molar-refractivity contribution in [3.8, 4) is 0 Å². The number of rotatable bonds is 2. The van der Waals surface area contributed by atoms with Gasteiger partial charge < -0.3 is 5.11 Å². The molecule has 18 heavy (non-hydrogen) atoms. The van der Waals surface area contributed by atoms with Crippen LogP contribution in [0.2, 0.25) is 15.1 Å². The second kappa shape index (κ2) is 5.97. The highest BCUT2D eigenvalue weighted by Gasteiger charge is 2.15. The second-order valence-corrected chi connectivity index (χ2v) is 6.15. The molecule has 1 N–H and O–H groups in total. The molecule has 0 saturated heterocycles. The highest BCUT2D eigenvalue weighted by molar-refractivity contribution is 14.1. The van der Waals surface area contributed by atoms with Crippen LogP contribution in [0.15, 0.2) is 36.4 Å². The van der Waals surface area contributed by atoms with Gasteiger partial charge in [0.1, 0.15) is 6.10 Å². The molecule has 0 amide bonds. The molecule has 5 heteroatoms. The molecule has 0 aliphatic carbocycles. The van der Waals surface area contributed by atoms with Crippen LogP contribution in [0.4, 0.5) is 0 Å². The van der Waals surface area contributed by atoms with E-state index >= 15 is 0 Å². The predicted molar refractivity (Wildman–Crippen MR) is 84.7 cm³/mol. The van der Waals surface area contributed by atoms with Crippen LogP contribution in [0.3, 0.4) is 0 Å². The van der Waals surface area contributed by atoms with E-state index in [1.807, 2.05) is 12.1 Å². The lowest BCUT2D eigenvalue weighted by Crippen LogP contribution is -2.00. The van der Waals surface area contributed by atoms with Crippen LogP contribution in [0.5, 0.6) is 0 Å². The smallest absolute Gasteiger partial charge is 0.106 e. The second-order valence-electron chi connectivity index (χ2n) is 3.74. The summed E-state index contributed by atoms with van der Waals surface area (Å²) in [7, 11) is 0. The Morgan fingerprint density at radius 1 is 0.944 bits per heavy atom. The lowest BCUT2D eigenvalue weighted by Gasteiger charge is -2.14. The largest absolute Gasteiger partial charge is 0.384 e. The van der Waals surface area contributed by atoms with Gasteiger partial charge in [0.2, 0.25) is 0 Å². The van der Waals surface area contributed by atoms with Crippen LogP contribution in [0.25, 0.3) is 0 Å². The molecule has 0 aromatic heterocycles. The summed E-state index contributed by atoms with van der Waals surface area (Å²) in [4.78, 5) is 0. The summed E-state index contributed by atoms with van der Waals surface area (Å²) in [6.07, 6.45) is -0.815. The summed E-state index contributed by atoms with van der Waals surface area (Å²) in [5.41, 5.74) is 1.31. The van der Waals surface area contributed by atoms with Crippen LogP contribution in [-0.4, -0.2) is 5.11 Å². The third-order valence-corrected chi connectivity index (χ3v) is 4.65. The van der Waals surface area contributed by atoms with E-state index in [0.29, 0.717) is 26.2 Å². The van der Waals surface area contributed by atoms with E-state index in [-0.39, 0.29) is 0 Å². The van der Waals surface area contributed by atoms with Gasteiger partial charge in [0.05, 0.1) is 5.02 Å². The number of aliphatic hydroxyl groups is 1. The molecule has 0 bridgehead atoms. The third kappa shape index (κ3) is 3.11. The van der Waals surface area contributed by atoms with E-state index in [9.17, 15) is 5.11 Å². The summed E-state index contributed by atoms with van der Waals surface area (Å²) >= 11 is 20.1. The van der Waals surface area contributed by atoms with Crippen molar-refractivity contribution in [2.75, 3.05) is 0 Å². The molecule has 0 spiro atoms. The Bertz CT molecular complexity index is 586. The molecular formula is C13H8Cl3IO. The van der Waals surface area contributed by atoms with Gasteiger partial charge in [-0.1, -0.05) is 46.9 Å². The minimum absolute atomic E-state index is 0.435. The number of halogens is 4. The Kier molecular flexibility index (Phi) is 4.78. The Morgan fingerprint density at radius 2 is 1.67 bits per heavy atom. The molecule has 1 atom stereocenters. The Hall–Kier alpha value is -0.000000000000000167. The van der Waals surface area contributed by atoms with Crippen molar-refractivity contribution in [1.29, 1.82) is 0 Å². The molecule has 0 aliphatic rings. The first-order valence-corrected chi connectivity index (χ1v) is 7.28. The zero-order valence-corrected chi connectivity index (χ0v) is 13.4. The monoisotopic (exact) mass is 412 g/mol. The highest BCUT2D eigenvalue weighted by atomic mass is 127. The molecule has 0 saturated carbocycles. The number of benzene rings is 2. The fraction of sp³-hybridized carbons (Fsp3) is 0.0769. The first kappa shape index (κ1) is 14.4. The maximum atomic E-state index is 10.3. The van der Waals surface area contributed by atoms with Crippen molar-refractivity contribution in [3.05, 3.63) is 66.2 Å². The Balaban J connectivity index is 2.41. The summed E-state index contributed by atoms with van der Waals surface area (Å²) in [6.45, 7) is 0. The quantitative estimate of drug-likeness (QED) is 0.660. The zero-order chi connectivity index (χ0) is 13.3. The molecule has 0 heterocycles. The SMILES string of the molecule is OC(c1ccc(I)c(Cl)c1)c1ccc(Cl)cc1Cl. The molecule has 1 unspecified atom stereocenters. The summed E-state index contributed by atoms with van der Waals surface area (Å²) in [5, 5.41) is 11.9. The van der Waals surface area contributed by atoms with Gasteiger partial charge in [-0.25, -0.2) is 0 Å². The molecule has 0 radical (unpaired) electrons. The van der Waals surface area contributed by atoms with Crippen LogP contribution < -0.4 is 0 Å². The Morgan fingerprint density at radius 3 is 2.28 bits per heavy atom. The summed E-state index contributed by atoms with van der Waals surface area (Å²) in [5.74, 6) is 0. The van der Waals surface area contributed by atoms with Crippen molar-refractivity contribution >= 4 is 57.4 Å². The first-order chi connectivity index (χ1) is 8.49. The molecule has 0 fully saturated rings. The van der Waals surface area contributed by atoms with Crippen molar-refractivity contribution in [2.24, 2.45) is 0 Å². The van der Waals surface area contributed by atoms with Crippen molar-refractivity contribution in [3.63, 3.8) is 0 Å². The molecule has 2 aromatic carbocycles. The van der Waals surface area contributed by atoms with Gasteiger partial charge in [0.15, 0.2) is 0 Å². The van der Waals surface area contributed by atoms with Gasteiger partial charge in [-0.2, -0.15) is 0 Å². The maximum Gasteiger partial charge on any atom is 0.106 e. The van der Waals surface area contributed by atoms with Crippen molar-refractivity contribution in [2.45, 2.75) is 6.10 Å². The van der Waals surface area contributed by atoms with E-state index in [4.69, 9.17) is 34.8 Å². The van der Waals surface area contributed by atoms with Crippen LogP contribution in [-0.2, 0) is 0 Å². The summed E-state index contributed by atoms with van der Waals surface area (Å²) in [6, 6.07) is 10.4. The lowest BCUT2D eigenvalue weighted by atomic mass is 10.0. The van der Waals surface area contributed by atoms with Gasteiger partial charge in [0, 0.05) is 19.2 Å². The fourth-order valence-corrected chi connectivity index (χ4v) is 2.62.